The van der Waals surface area contributed by atoms with Crippen molar-refractivity contribution in [3.05, 3.63) is 77.6 Å². The van der Waals surface area contributed by atoms with Crippen molar-refractivity contribution in [3.63, 3.8) is 0 Å². The van der Waals surface area contributed by atoms with Crippen molar-refractivity contribution >= 4 is 11.9 Å². The molecule has 0 aliphatic rings. The van der Waals surface area contributed by atoms with Crippen LogP contribution in [0.3, 0.4) is 0 Å². The molecule has 28 heavy (non-hydrogen) atoms. The van der Waals surface area contributed by atoms with Gasteiger partial charge in [0, 0.05) is 12.1 Å². The molecule has 0 atom stereocenters. The molecule has 0 unspecified atom stereocenters. The van der Waals surface area contributed by atoms with E-state index in [1.807, 2.05) is 48.5 Å². The zero-order valence-corrected chi connectivity index (χ0v) is 15.7. The van der Waals surface area contributed by atoms with Gasteiger partial charge in [-0.2, -0.15) is 0 Å². The SMILES string of the molecule is Cc1onc(-c2ccccc2)c1C(=O)OCC(=O)NCCCc1ccccc1. The summed E-state index contributed by atoms with van der Waals surface area (Å²) in [7, 11) is 0. The zero-order chi connectivity index (χ0) is 19.8. The van der Waals surface area contributed by atoms with E-state index in [0.717, 1.165) is 18.4 Å². The Balaban J connectivity index is 1.48. The van der Waals surface area contributed by atoms with Gasteiger partial charge in [-0.1, -0.05) is 65.8 Å². The second kappa shape index (κ2) is 9.50. The monoisotopic (exact) mass is 378 g/mol. The standard InChI is InChI=1S/C22H22N2O4/c1-16-20(21(24-28-16)18-12-6-3-7-13-18)22(26)27-15-19(25)23-14-8-11-17-9-4-2-5-10-17/h2-7,9-10,12-13H,8,11,14-15H2,1H3,(H,23,25). The first-order valence-electron chi connectivity index (χ1n) is 9.14. The van der Waals surface area contributed by atoms with Crippen molar-refractivity contribution in [2.45, 2.75) is 19.8 Å². The summed E-state index contributed by atoms with van der Waals surface area (Å²) >= 11 is 0. The van der Waals surface area contributed by atoms with Gasteiger partial charge >= 0.3 is 5.97 Å². The number of amides is 1. The summed E-state index contributed by atoms with van der Waals surface area (Å²) in [5.74, 6) is -0.610. The van der Waals surface area contributed by atoms with Crippen molar-refractivity contribution in [2.24, 2.45) is 0 Å². The largest absolute Gasteiger partial charge is 0.452 e. The highest BCUT2D eigenvalue weighted by molar-refractivity contribution is 5.98. The van der Waals surface area contributed by atoms with Gasteiger partial charge in [0.1, 0.15) is 17.0 Å². The van der Waals surface area contributed by atoms with Gasteiger partial charge < -0.3 is 14.6 Å². The average molecular weight is 378 g/mol. The van der Waals surface area contributed by atoms with E-state index in [-0.39, 0.29) is 18.1 Å². The molecule has 0 bridgehead atoms. The van der Waals surface area contributed by atoms with E-state index < -0.39 is 5.97 Å². The first kappa shape index (κ1) is 19.4. The summed E-state index contributed by atoms with van der Waals surface area (Å²) in [6.45, 7) is 1.82. The van der Waals surface area contributed by atoms with Crippen LogP contribution in [-0.4, -0.2) is 30.2 Å². The minimum atomic E-state index is -0.628. The maximum absolute atomic E-state index is 12.4. The molecule has 0 saturated heterocycles. The molecule has 1 amide bonds. The molecule has 2 aromatic carbocycles. The number of esters is 1. The van der Waals surface area contributed by atoms with Crippen molar-refractivity contribution in [3.8, 4) is 11.3 Å². The van der Waals surface area contributed by atoms with Crippen LogP contribution < -0.4 is 5.32 Å². The van der Waals surface area contributed by atoms with Gasteiger partial charge in [0.2, 0.25) is 0 Å². The molecule has 3 aromatic rings. The van der Waals surface area contributed by atoms with Crippen molar-refractivity contribution in [1.29, 1.82) is 0 Å². The van der Waals surface area contributed by atoms with Crippen LogP contribution in [-0.2, 0) is 16.0 Å². The fraction of sp³-hybridized carbons (Fsp3) is 0.227. The fourth-order valence-corrected chi connectivity index (χ4v) is 2.82. The molecule has 0 saturated carbocycles. The van der Waals surface area contributed by atoms with E-state index in [2.05, 4.69) is 22.6 Å². The normalized spacial score (nSPS) is 10.5. The fourth-order valence-electron chi connectivity index (χ4n) is 2.82. The number of hydrogen-bond acceptors (Lipinski definition) is 5. The lowest BCUT2D eigenvalue weighted by Gasteiger charge is -2.07. The molecule has 1 aromatic heterocycles. The van der Waals surface area contributed by atoms with Crippen LogP contribution >= 0.6 is 0 Å². The number of hydrogen-bond donors (Lipinski definition) is 1. The van der Waals surface area contributed by atoms with Gasteiger partial charge in [0.15, 0.2) is 6.61 Å². The number of carbonyl (C=O) groups is 2. The van der Waals surface area contributed by atoms with Crippen LogP contribution in [0.5, 0.6) is 0 Å². The Morgan fingerprint density at radius 2 is 1.71 bits per heavy atom. The molecule has 0 spiro atoms. The Hall–Kier alpha value is -3.41. The number of benzene rings is 2. The van der Waals surface area contributed by atoms with Gasteiger partial charge in [-0.05, 0) is 25.3 Å². The highest BCUT2D eigenvalue weighted by atomic mass is 16.5. The molecule has 1 N–H and O–H groups in total. The van der Waals surface area contributed by atoms with Gasteiger partial charge in [-0.3, -0.25) is 4.79 Å². The summed E-state index contributed by atoms with van der Waals surface area (Å²) in [4.78, 5) is 24.4. The maximum atomic E-state index is 12.4. The van der Waals surface area contributed by atoms with Crippen molar-refractivity contribution in [1.82, 2.24) is 10.5 Å². The third-order valence-electron chi connectivity index (χ3n) is 4.26. The number of nitrogens with one attached hydrogen (secondary N) is 1. The van der Waals surface area contributed by atoms with E-state index in [9.17, 15) is 9.59 Å². The molecular weight excluding hydrogens is 356 g/mol. The lowest BCUT2D eigenvalue weighted by atomic mass is 10.1. The summed E-state index contributed by atoms with van der Waals surface area (Å²) in [6.07, 6.45) is 1.69. The number of aryl methyl sites for hydroxylation is 2. The molecule has 144 valence electrons. The van der Waals surface area contributed by atoms with Gasteiger partial charge in [-0.25, -0.2) is 4.79 Å². The van der Waals surface area contributed by atoms with E-state index >= 15 is 0 Å². The molecular formula is C22H22N2O4. The number of rotatable bonds is 8. The summed E-state index contributed by atoms with van der Waals surface area (Å²) in [6, 6.07) is 19.3. The first-order chi connectivity index (χ1) is 13.6. The van der Waals surface area contributed by atoms with Crippen LogP contribution in [0, 0.1) is 6.92 Å². The van der Waals surface area contributed by atoms with E-state index in [0.29, 0.717) is 18.0 Å². The maximum Gasteiger partial charge on any atom is 0.344 e. The van der Waals surface area contributed by atoms with Crippen LogP contribution in [0.2, 0.25) is 0 Å². The molecule has 3 rings (SSSR count). The lowest BCUT2D eigenvalue weighted by molar-refractivity contribution is -0.124. The highest BCUT2D eigenvalue weighted by Gasteiger charge is 2.23. The first-order valence-corrected chi connectivity index (χ1v) is 9.14. The quantitative estimate of drug-likeness (QED) is 0.479. The topological polar surface area (TPSA) is 81.4 Å². The van der Waals surface area contributed by atoms with Gasteiger partial charge in [0.25, 0.3) is 5.91 Å². The number of nitrogens with zero attached hydrogens (tertiary/aromatic N) is 1. The Morgan fingerprint density at radius 3 is 2.43 bits per heavy atom. The number of carbonyl (C=O) groups excluding carboxylic acids is 2. The molecule has 0 fully saturated rings. The number of aromatic nitrogens is 1. The summed E-state index contributed by atoms with van der Waals surface area (Å²) in [5.41, 5.74) is 2.62. The Morgan fingerprint density at radius 1 is 1.04 bits per heavy atom. The van der Waals surface area contributed by atoms with Gasteiger partial charge in [-0.15, -0.1) is 0 Å². The second-order valence-electron chi connectivity index (χ2n) is 6.34. The molecule has 0 aliphatic carbocycles. The molecule has 6 heteroatoms. The zero-order valence-electron chi connectivity index (χ0n) is 15.7. The van der Waals surface area contributed by atoms with Crippen molar-refractivity contribution in [2.75, 3.05) is 13.2 Å². The predicted molar refractivity (Wildman–Crippen MR) is 105 cm³/mol. The molecule has 0 aliphatic heterocycles. The Labute approximate surface area is 163 Å². The molecule has 6 nitrogen and oxygen atoms in total. The number of ether oxygens (including phenoxy) is 1. The van der Waals surface area contributed by atoms with Gasteiger partial charge in [0.05, 0.1) is 0 Å². The van der Waals surface area contributed by atoms with Crippen molar-refractivity contribution < 1.29 is 18.8 Å². The van der Waals surface area contributed by atoms with Crippen LogP contribution in [0.15, 0.2) is 65.2 Å². The predicted octanol–water partition coefficient (Wildman–Crippen LogP) is 3.56. The molecule has 1 heterocycles. The minimum Gasteiger partial charge on any atom is -0.452 e. The second-order valence-corrected chi connectivity index (χ2v) is 6.34. The lowest BCUT2D eigenvalue weighted by Crippen LogP contribution is -2.30. The molecule has 0 radical (unpaired) electrons. The third kappa shape index (κ3) is 5.07. The van der Waals surface area contributed by atoms with Crippen LogP contribution in [0.4, 0.5) is 0 Å². The smallest absolute Gasteiger partial charge is 0.344 e. The average Bonchev–Trinajstić information content (AvgIpc) is 3.12. The van der Waals surface area contributed by atoms with E-state index in [1.165, 1.54) is 5.56 Å². The van der Waals surface area contributed by atoms with E-state index in [4.69, 9.17) is 9.26 Å². The summed E-state index contributed by atoms with van der Waals surface area (Å²) < 4.78 is 10.3. The van der Waals surface area contributed by atoms with Crippen LogP contribution in [0.25, 0.3) is 11.3 Å². The summed E-state index contributed by atoms with van der Waals surface area (Å²) in [5, 5.41) is 6.71. The Bertz CT molecular complexity index is 920. The Kier molecular flexibility index (Phi) is 6.57. The third-order valence-corrected chi connectivity index (χ3v) is 4.26. The highest BCUT2D eigenvalue weighted by Crippen LogP contribution is 2.25. The van der Waals surface area contributed by atoms with Crippen LogP contribution in [0.1, 0.15) is 28.1 Å². The minimum absolute atomic E-state index is 0.239. The van der Waals surface area contributed by atoms with E-state index in [1.54, 1.807) is 6.92 Å².